The molecule has 0 aromatic carbocycles. The summed E-state index contributed by atoms with van der Waals surface area (Å²) in [6.45, 7) is 1.77. The van der Waals surface area contributed by atoms with E-state index in [9.17, 15) is 0 Å². The Bertz CT molecular complexity index is 257. The van der Waals surface area contributed by atoms with Crippen molar-refractivity contribution in [2.24, 2.45) is 5.41 Å². The minimum Gasteiger partial charge on any atom is -0.381 e. The molecule has 72 valence electrons. The molecule has 0 saturated carbocycles. The molecule has 1 aliphatic heterocycles. The molecule has 4 heteroatoms. The third-order valence-electron chi connectivity index (χ3n) is 2.51. The molecular formula is C9H12BrNOS. The van der Waals surface area contributed by atoms with Crippen molar-refractivity contribution in [1.82, 2.24) is 4.98 Å². The molecule has 1 saturated heterocycles. The van der Waals surface area contributed by atoms with E-state index in [-0.39, 0.29) is 0 Å². The molecule has 1 unspecified atom stereocenters. The summed E-state index contributed by atoms with van der Waals surface area (Å²) >= 11 is 5.24. The topological polar surface area (TPSA) is 22.1 Å². The lowest BCUT2D eigenvalue weighted by molar-refractivity contribution is 0.161. The van der Waals surface area contributed by atoms with E-state index >= 15 is 0 Å². The van der Waals surface area contributed by atoms with Crippen LogP contribution in [0.4, 0.5) is 0 Å². The summed E-state index contributed by atoms with van der Waals surface area (Å²) in [4.78, 5) is 4.31. The summed E-state index contributed by atoms with van der Waals surface area (Å²) in [6, 6.07) is 0. The largest absolute Gasteiger partial charge is 0.381 e. The second-order valence-corrected chi connectivity index (χ2v) is 4.87. The molecule has 1 aliphatic rings. The molecule has 0 amide bonds. The van der Waals surface area contributed by atoms with Crippen LogP contribution < -0.4 is 0 Å². The quantitative estimate of drug-likeness (QED) is 0.781. The van der Waals surface area contributed by atoms with E-state index in [0.29, 0.717) is 5.41 Å². The summed E-state index contributed by atoms with van der Waals surface area (Å²) < 4.78 is 5.45. The minimum absolute atomic E-state index is 0.300. The lowest BCUT2D eigenvalue weighted by atomic mass is 9.85. The lowest BCUT2D eigenvalue weighted by Gasteiger charge is -2.23. The molecular weight excluding hydrogens is 250 g/mol. The van der Waals surface area contributed by atoms with Crippen molar-refractivity contribution in [3.63, 3.8) is 0 Å². The smallest absolute Gasteiger partial charge is 0.0794 e. The van der Waals surface area contributed by atoms with Crippen LogP contribution in [0.5, 0.6) is 0 Å². The molecule has 0 bridgehead atoms. The number of hydrogen-bond acceptors (Lipinski definition) is 3. The molecule has 1 aromatic rings. The zero-order chi connectivity index (χ0) is 9.15. The highest BCUT2D eigenvalue weighted by atomic mass is 79.9. The number of ether oxygens (including phenoxy) is 1. The first-order chi connectivity index (χ1) is 6.35. The maximum Gasteiger partial charge on any atom is 0.0794 e. The zero-order valence-electron chi connectivity index (χ0n) is 7.33. The number of halogens is 1. The summed E-state index contributed by atoms with van der Waals surface area (Å²) in [5, 5.41) is 3.14. The van der Waals surface area contributed by atoms with E-state index in [0.717, 1.165) is 31.4 Å². The Balaban J connectivity index is 2.06. The van der Waals surface area contributed by atoms with Gasteiger partial charge in [0, 0.05) is 22.7 Å². The maximum atomic E-state index is 5.45. The third-order valence-corrected chi connectivity index (χ3v) is 4.33. The van der Waals surface area contributed by atoms with Gasteiger partial charge in [-0.25, -0.2) is 4.98 Å². The Hall–Kier alpha value is 0.0700. The predicted molar refractivity (Wildman–Crippen MR) is 57.5 cm³/mol. The molecule has 1 aromatic heterocycles. The summed E-state index contributed by atoms with van der Waals surface area (Å²) in [5.74, 6) is 0. The monoisotopic (exact) mass is 261 g/mol. The van der Waals surface area contributed by atoms with Crippen molar-refractivity contribution in [3.8, 4) is 0 Å². The fourth-order valence-corrected chi connectivity index (χ4v) is 2.85. The van der Waals surface area contributed by atoms with Crippen LogP contribution >= 0.6 is 27.3 Å². The fraction of sp³-hybridized carbons (Fsp3) is 0.667. The van der Waals surface area contributed by atoms with Crippen molar-refractivity contribution in [3.05, 3.63) is 16.6 Å². The first-order valence-corrected chi connectivity index (χ1v) is 6.42. The van der Waals surface area contributed by atoms with Crippen LogP contribution in [0, 0.1) is 5.41 Å². The Morgan fingerprint density at radius 3 is 3.15 bits per heavy atom. The van der Waals surface area contributed by atoms with Gasteiger partial charge in [0.2, 0.25) is 0 Å². The average molecular weight is 262 g/mol. The van der Waals surface area contributed by atoms with Gasteiger partial charge >= 0.3 is 0 Å². The average Bonchev–Trinajstić information content (AvgIpc) is 2.77. The standard InChI is InChI=1S/C9H12BrNOS/c10-5-9(1-2-12-6-9)3-8-4-13-7-11-8/h4,7H,1-3,5-6H2. The van der Waals surface area contributed by atoms with E-state index in [1.165, 1.54) is 5.69 Å². The van der Waals surface area contributed by atoms with Crippen LogP contribution in [0.1, 0.15) is 12.1 Å². The molecule has 1 fully saturated rings. The Morgan fingerprint density at radius 1 is 1.69 bits per heavy atom. The van der Waals surface area contributed by atoms with Gasteiger partial charge in [0.25, 0.3) is 0 Å². The normalized spacial score (nSPS) is 28.1. The van der Waals surface area contributed by atoms with Gasteiger partial charge in [-0.2, -0.15) is 0 Å². The van der Waals surface area contributed by atoms with Crippen molar-refractivity contribution in [2.45, 2.75) is 12.8 Å². The molecule has 2 nitrogen and oxygen atoms in total. The Kier molecular flexibility index (Phi) is 3.01. The second-order valence-electron chi connectivity index (χ2n) is 3.59. The Morgan fingerprint density at radius 2 is 2.62 bits per heavy atom. The SMILES string of the molecule is BrCC1(Cc2cscn2)CCOC1. The summed E-state index contributed by atoms with van der Waals surface area (Å²) in [6.07, 6.45) is 2.19. The predicted octanol–water partition coefficient (Wildman–Crippen LogP) is 2.49. The third kappa shape index (κ3) is 2.11. The van der Waals surface area contributed by atoms with Crippen molar-refractivity contribution >= 4 is 27.3 Å². The maximum absolute atomic E-state index is 5.45. The van der Waals surface area contributed by atoms with Crippen molar-refractivity contribution in [1.29, 1.82) is 0 Å². The lowest BCUT2D eigenvalue weighted by Crippen LogP contribution is -2.25. The van der Waals surface area contributed by atoms with E-state index in [1.54, 1.807) is 11.3 Å². The Labute approximate surface area is 90.5 Å². The minimum atomic E-state index is 0.300. The van der Waals surface area contributed by atoms with Crippen LogP contribution in [0.15, 0.2) is 10.9 Å². The van der Waals surface area contributed by atoms with Crippen LogP contribution in [-0.4, -0.2) is 23.5 Å². The molecule has 0 aliphatic carbocycles. The highest BCUT2D eigenvalue weighted by Crippen LogP contribution is 2.34. The first-order valence-electron chi connectivity index (χ1n) is 4.35. The van der Waals surface area contributed by atoms with E-state index in [4.69, 9.17) is 4.74 Å². The van der Waals surface area contributed by atoms with Gasteiger partial charge < -0.3 is 4.74 Å². The number of hydrogen-bond donors (Lipinski definition) is 0. The number of alkyl halides is 1. The van der Waals surface area contributed by atoms with Gasteiger partial charge in [0.1, 0.15) is 0 Å². The van der Waals surface area contributed by atoms with Crippen LogP contribution in [0.3, 0.4) is 0 Å². The molecule has 2 heterocycles. The van der Waals surface area contributed by atoms with Crippen molar-refractivity contribution < 1.29 is 4.74 Å². The van der Waals surface area contributed by atoms with Crippen LogP contribution in [-0.2, 0) is 11.2 Å². The molecule has 0 N–H and O–H groups in total. The van der Waals surface area contributed by atoms with Gasteiger partial charge in [-0.3, -0.25) is 0 Å². The molecule has 2 rings (SSSR count). The molecule has 13 heavy (non-hydrogen) atoms. The van der Waals surface area contributed by atoms with Crippen molar-refractivity contribution in [2.75, 3.05) is 18.5 Å². The molecule has 0 spiro atoms. The van der Waals surface area contributed by atoms with E-state index in [1.807, 2.05) is 5.51 Å². The summed E-state index contributed by atoms with van der Waals surface area (Å²) in [5.41, 5.74) is 3.40. The number of nitrogens with zero attached hydrogens (tertiary/aromatic N) is 1. The highest BCUT2D eigenvalue weighted by molar-refractivity contribution is 9.09. The van der Waals surface area contributed by atoms with Gasteiger partial charge in [-0.15, -0.1) is 11.3 Å². The van der Waals surface area contributed by atoms with Crippen LogP contribution in [0.2, 0.25) is 0 Å². The van der Waals surface area contributed by atoms with E-state index < -0.39 is 0 Å². The van der Waals surface area contributed by atoms with Crippen LogP contribution in [0.25, 0.3) is 0 Å². The second kappa shape index (κ2) is 4.07. The summed E-state index contributed by atoms with van der Waals surface area (Å²) in [7, 11) is 0. The number of aromatic nitrogens is 1. The van der Waals surface area contributed by atoms with Gasteiger partial charge in [0.15, 0.2) is 0 Å². The van der Waals surface area contributed by atoms with E-state index in [2.05, 4.69) is 26.3 Å². The number of rotatable bonds is 3. The zero-order valence-corrected chi connectivity index (χ0v) is 9.73. The number of thiazole rings is 1. The first kappa shape index (κ1) is 9.62. The fourth-order valence-electron chi connectivity index (χ4n) is 1.65. The van der Waals surface area contributed by atoms with Gasteiger partial charge in [0.05, 0.1) is 17.8 Å². The highest BCUT2D eigenvalue weighted by Gasteiger charge is 2.34. The molecule has 1 atom stereocenters. The molecule has 0 radical (unpaired) electrons. The van der Waals surface area contributed by atoms with Gasteiger partial charge in [-0.1, -0.05) is 15.9 Å². The van der Waals surface area contributed by atoms with Gasteiger partial charge in [-0.05, 0) is 12.8 Å².